The number of nitrogens with one attached hydrogen (secondary N) is 2. The molecule has 0 atom stereocenters. The minimum absolute atomic E-state index is 0.0240. The molecule has 0 spiro atoms. The van der Waals surface area contributed by atoms with E-state index in [0.717, 1.165) is 39.5 Å². The summed E-state index contributed by atoms with van der Waals surface area (Å²) in [6.07, 6.45) is 0. The van der Waals surface area contributed by atoms with E-state index in [1.54, 1.807) is 5.38 Å². The topological polar surface area (TPSA) is 153 Å². The van der Waals surface area contributed by atoms with Gasteiger partial charge in [0, 0.05) is 5.69 Å². The summed E-state index contributed by atoms with van der Waals surface area (Å²) < 4.78 is 0. The minimum Gasteiger partial charge on any atom is -0.397 e. The second-order valence-corrected chi connectivity index (χ2v) is 8.33. The Morgan fingerprint density at radius 1 is 0.966 bits per heavy atom. The van der Waals surface area contributed by atoms with Crippen LogP contribution in [0.3, 0.4) is 0 Å². The lowest BCUT2D eigenvalue weighted by Crippen LogP contribution is -2.18. The fraction of sp³-hybridized carbons (Fsp3) is 0.105. The lowest BCUT2D eigenvalue weighted by atomic mass is 10.1. The van der Waals surface area contributed by atoms with Crippen molar-refractivity contribution < 1.29 is 14.4 Å². The molecular weight excluding hydrogens is 410 g/mol. The minimum atomic E-state index is -0.751. The molecule has 0 aliphatic heterocycles. The van der Waals surface area contributed by atoms with E-state index >= 15 is 0 Å². The molecule has 150 valence electrons. The van der Waals surface area contributed by atoms with Crippen molar-refractivity contribution in [2.75, 3.05) is 16.4 Å². The monoisotopic (exact) mass is 429 g/mol. The Bertz CT molecular complexity index is 1110. The van der Waals surface area contributed by atoms with Gasteiger partial charge in [-0.15, -0.1) is 22.7 Å². The summed E-state index contributed by atoms with van der Waals surface area (Å²) in [6, 6.07) is 7.33. The highest BCUT2D eigenvalue weighted by Crippen LogP contribution is 2.38. The van der Waals surface area contributed by atoms with E-state index in [9.17, 15) is 14.4 Å². The second-order valence-electron chi connectivity index (χ2n) is 6.40. The third-order valence-corrected chi connectivity index (χ3v) is 5.98. The van der Waals surface area contributed by atoms with Crippen LogP contribution >= 0.6 is 22.7 Å². The fourth-order valence-electron chi connectivity index (χ4n) is 2.88. The normalized spacial score (nSPS) is 10.6. The molecule has 0 aliphatic carbocycles. The van der Waals surface area contributed by atoms with E-state index in [2.05, 4.69) is 10.6 Å². The highest BCUT2D eigenvalue weighted by Gasteiger charge is 2.25. The van der Waals surface area contributed by atoms with Gasteiger partial charge < -0.3 is 27.8 Å². The van der Waals surface area contributed by atoms with Crippen LogP contribution in [0.4, 0.5) is 21.4 Å². The van der Waals surface area contributed by atoms with Crippen LogP contribution in [0.2, 0.25) is 0 Å². The van der Waals surface area contributed by atoms with Gasteiger partial charge in [0.15, 0.2) is 0 Å². The summed E-state index contributed by atoms with van der Waals surface area (Å²) in [5.74, 6) is -1.97. The van der Waals surface area contributed by atoms with Crippen LogP contribution in [0.1, 0.15) is 41.5 Å². The molecule has 0 saturated carbocycles. The Kier molecular flexibility index (Phi) is 5.57. The van der Waals surface area contributed by atoms with E-state index in [1.165, 1.54) is 6.07 Å². The Balaban J connectivity index is 1.97. The van der Waals surface area contributed by atoms with Crippen molar-refractivity contribution >= 4 is 61.8 Å². The molecule has 3 rings (SSSR count). The Labute approximate surface area is 174 Å². The number of nitrogen functional groups attached to an aromatic ring is 1. The van der Waals surface area contributed by atoms with Crippen molar-refractivity contribution in [3.63, 3.8) is 0 Å². The first-order chi connectivity index (χ1) is 13.7. The average molecular weight is 430 g/mol. The molecular formula is C19H19N5O3S2. The van der Waals surface area contributed by atoms with Gasteiger partial charge in [-0.2, -0.15) is 0 Å². The number of carbonyl (C=O) groups is 3. The van der Waals surface area contributed by atoms with Gasteiger partial charge in [-0.1, -0.05) is 6.07 Å². The molecule has 3 aromatic rings. The van der Waals surface area contributed by atoms with Crippen molar-refractivity contribution in [1.82, 2.24) is 0 Å². The van der Waals surface area contributed by atoms with Crippen LogP contribution in [0.25, 0.3) is 0 Å². The molecule has 2 heterocycles. The first-order valence-corrected chi connectivity index (χ1v) is 10.1. The molecule has 29 heavy (non-hydrogen) atoms. The van der Waals surface area contributed by atoms with Gasteiger partial charge in [-0.05, 0) is 48.6 Å². The quantitative estimate of drug-likeness (QED) is 0.407. The van der Waals surface area contributed by atoms with E-state index in [0.29, 0.717) is 10.0 Å². The van der Waals surface area contributed by atoms with Gasteiger partial charge >= 0.3 is 0 Å². The van der Waals surface area contributed by atoms with E-state index < -0.39 is 17.7 Å². The van der Waals surface area contributed by atoms with Crippen molar-refractivity contribution in [1.29, 1.82) is 0 Å². The van der Waals surface area contributed by atoms with Crippen LogP contribution in [0.15, 0.2) is 29.6 Å². The predicted octanol–water partition coefficient (Wildman–Crippen LogP) is 3.20. The number of benzene rings is 1. The molecule has 3 amide bonds. The number of anilines is 4. The first kappa shape index (κ1) is 20.4. The zero-order valence-corrected chi connectivity index (χ0v) is 17.3. The number of hydrogen-bond donors (Lipinski definition) is 5. The zero-order chi connectivity index (χ0) is 21.3. The zero-order valence-electron chi connectivity index (χ0n) is 15.7. The second kappa shape index (κ2) is 7.94. The summed E-state index contributed by atoms with van der Waals surface area (Å²) in [6.45, 7) is 3.90. The van der Waals surface area contributed by atoms with Crippen molar-refractivity contribution in [2.24, 2.45) is 11.5 Å². The molecule has 0 unspecified atom stereocenters. The summed E-state index contributed by atoms with van der Waals surface area (Å²) in [5, 5.41) is 8.05. The maximum absolute atomic E-state index is 12.8. The molecule has 0 radical (unpaired) electrons. The lowest BCUT2D eigenvalue weighted by molar-refractivity contribution is 0.0993. The number of aryl methyl sites for hydroxylation is 2. The van der Waals surface area contributed by atoms with Gasteiger partial charge in [0.1, 0.15) is 14.9 Å². The Morgan fingerprint density at radius 3 is 2.21 bits per heavy atom. The molecule has 8 nitrogen and oxygen atoms in total. The molecule has 0 aliphatic rings. The van der Waals surface area contributed by atoms with Crippen LogP contribution in [0.5, 0.6) is 0 Å². The number of hydrogen-bond acceptors (Lipinski definition) is 7. The standard InChI is InChI=1S/C19H19N5O3S2/c1-8-5-9(2)7-10(6-8)23-19-12(16(22)26)13(20)14(29-19)17(27)24-18-11(15(21)25)3-4-28-18/h3-7,23H,20H2,1-2H3,(H2,21,25)(H2,22,26)(H,24,27). The number of primary amides is 2. The van der Waals surface area contributed by atoms with Gasteiger partial charge in [-0.25, -0.2) is 0 Å². The number of rotatable bonds is 6. The Morgan fingerprint density at radius 2 is 1.62 bits per heavy atom. The van der Waals surface area contributed by atoms with Gasteiger partial charge in [-0.3, -0.25) is 14.4 Å². The van der Waals surface area contributed by atoms with Crippen molar-refractivity contribution in [3.8, 4) is 0 Å². The SMILES string of the molecule is Cc1cc(C)cc(Nc2sc(C(=O)Nc3sccc3C(N)=O)c(N)c2C(N)=O)c1. The molecule has 0 fully saturated rings. The third kappa shape index (κ3) is 4.23. The number of thiophene rings is 2. The molecule has 0 bridgehead atoms. The Hall–Kier alpha value is -3.37. The van der Waals surface area contributed by atoms with Gasteiger partial charge in [0.25, 0.3) is 17.7 Å². The van der Waals surface area contributed by atoms with E-state index in [-0.39, 0.29) is 21.7 Å². The molecule has 2 aromatic heterocycles. The molecule has 1 aromatic carbocycles. The average Bonchev–Trinajstić information content (AvgIpc) is 3.18. The number of amides is 3. The van der Waals surface area contributed by atoms with Crippen LogP contribution in [-0.2, 0) is 0 Å². The highest BCUT2D eigenvalue weighted by atomic mass is 32.1. The van der Waals surface area contributed by atoms with Gasteiger partial charge in [0.2, 0.25) is 0 Å². The van der Waals surface area contributed by atoms with Crippen LogP contribution < -0.4 is 27.8 Å². The summed E-state index contributed by atoms with van der Waals surface area (Å²) in [5.41, 5.74) is 19.9. The maximum Gasteiger partial charge on any atom is 0.268 e. The summed E-state index contributed by atoms with van der Waals surface area (Å²) in [7, 11) is 0. The predicted molar refractivity (Wildman–Crippen MR) is 117 cm³/mol. The fourth-order valence-corrected chi connectivity index (χ4v) is 4.71. The van der Waals surface area contributed by atoms with Crippen molar-refractivity contribution in [2.45, 2.75) is 13.8 Å². The van der Waals surface area contributed by atoms with Crippen LogP contribution in [0, 0.1) is 13.8 Å². The third-order valence-electron chi connectivity index (χ3n) is 4.04. The van der Waals surface area contributed by atoms with Crippen molar-refractivity contribution in [3.05, 3.63) is 56.8 Å². The van der Waals surface area contributed by atoms with Crippen LogP contribution in [-0.4, -0.2) is 17.7 Å². The maximum atomic E-state index is 12.8. The summed E-state index contributed by atoms with van der Waals surface area (Å²) in [4.78, 5) is 36.3. The van der Waals surface area contributed by atoms with E-state index in [1.807, 2.05) is 32.0 Å². The molecule has 10 heteroatoms. The largest absolute Gasteiger partial charge is 0.397 e. The summed E-state index contributed by atoms with van der Waals surface area (Å²) >= 11 is 2.16. The number of nitrogens with two attached hydrogens (primary N) is 3. The lowest BCUT2D eigenvalue weighted by Gasteiger charge is -2.08. The first-order valence-electron chi connectivity index (χ1n) is 8.43. The molecule has 8 N–H and O–H groups in total. The highest BCUT2D eigenvalue weighted by molar-refractivity contribution is 7.19. The van der Waals surface area contributed by atoms with E-state index in [4.69, 9.17) is 17.2 Å². The van der Waals surface area contributed by atoms with Gasteiger partial charge in [0.05, 0.1) is 16.8 Å². The molecule has 0 saturated heterocycles. The number of carbonyl (C=O) groups excluding carboxylic acids is 3. The smallest absolute Gasteiger partial charge is 0.268 e.